The molecule has 7 heteroatoms. The molecule has 0 radical (unpaired) electrons. The third-order valence-corrected chi connectivity index (χ3v) is 3.59. The highest BCUT2D eigenvalue weighted by atomic mass is 16.2. The number of H-pyrrole nitrogens is 2. The largest absolute Gasteiger partial charge is 0.325 e. The van der Waals surface area contributed by atoms with E-state index in [0.29, 0.717) is 11.3 Å². The van der Waals surface area contributed by atoms with E-state index in [0.717, 1.165) is 16.7 Å². The van der Waals surface area contributed by atoms with Crippen molar-refractivity contribution < 1.29 is 0 Å². The topological polar surface area (TPSA) is 114 Å². The Hall–Kier alpha value is -2.79. The van der Waals surface area contributed by atoms with E-state index in [-0.39, 0.29) is 5.92 Å². The number of hydrogen-bond donors (Lipinski definition) is 2. The van der Waals surface area contributed by atoms with Gasteiger partial charge < -0.3 is 4.98 Å². The van der Waals surface area contributed by atoms with Gasteiger partial charge in [0.2, 0.25) is 0 Å². The maximum Gasteiger partial charge on any atom is 0.325 e. The molecule has 0 saturated heterocycles. The first-order chi connectivity index (χ1) is 10.8. The smallest absolute Gasteiger partial charge is 0.310 e. The van der Waals surface area contributed by atoms with Gasteiger partial charge >= 0.3 is 5.69 Å². The number of azide groups is 1. The number of aryl methyl sites for hydroxylation is 2. The van der Waals surface area contributed by atoms with Crippen LogP contribution < -0.4 is 11.2 Å². The molecule has 1 atom stereocenters. The minimum absolute atomic E-state index is 0.132. The third-order valence-electron chi connectivity index (χ3n) is 3.59. The molecule has 2 aromatic rings. The molecular formula is C16H19N5O2. The minimum Gasteiger partial charge on any atom is -0.310 e. The van der Waals surface area contributed by atoms with Crippen molar-refractivity contribution >= 4 is 0 Å². The van der Waals surface area contributed by atoms with Crippen molar-refractivity contribution in [1.29, 1.82) is 0 Å². The van der Waals surface area contributed by atoms with Crippen LogP contribution in [0.25, 0.3) is 10.4 Å². The standard InChI is InChI=1S/C16H19N5O2/c1-8(2)12-14(18-16(23)19-15(12)22)13(20-21-17)11-6-9(3)5-10(4)7-11/h5-8,13H,1-4H3,(H2,18,19,22,23). The molecule has 1 unspecified atom stereocenters. The molecular weight excluding hydrogens is 294 g/mol. The minimum atomic E-state index is -0.758. The van der Waals surface area contributed by atoms with Crippen LogP contribution in [0.2, 0.25) is 0 Å². The van der Waals surface area contributed by atoms with Gasteiger partial charge in [-0.25, -0.2) is 4.79 Å². The summed E-state index contributed by atoms with van der Waals surface area (Å²) in [6.45, 7) is 7.57. The van der Waals surface area contributed by atoms with E-state index in [1.165, 1.54) is 0 Å². The highest BCUT2D eigenvalue weighted by Crippen LogP contribution is 2.29. The Balaban J connectivity index is 2.79. The lowest BCUT2D eigenvalue weighted by Gasteiger charge is -2.18. The van der Waals surface area contributed by atoms with E-state index in [4.69, 9.17) is 5.53 Å². The van der Waals surface area contributed by atoms with Crippen LogP contribution in [0.15, 0.2) is 32.9 Å². The molecule has 0 fully saturated rings. The van der Waals surface area contributed by atoms with E-state index < -0.39 is 17.3 Å². The zero-order chi connectivity index (χ0) is 17.1. The second kappa shape index (κ2) is 6.54. The number of aromatic amines is 2. The maximum atomic E-state index is 12.2. The predicted molar refractivity (Wildman–Crippen MR) is 88.7 cm³/mol. The van der Waals surface area contributed by atoms with Crippen molar-refractivity contribution in [2.75, 3.05) is 0 Å². The lowest BCUT2D eigenvalue weighted by atomic mass is 9.93. The van der Waals surface area contributed by atoms with Crippen molar-refractivity contribution in [3.05, 3.63) is 77.4 Å². The van der Waals surface area contributed by atoms with Crippen molar-refractivity contribution in [2.45, 2.75) is 39.7 Å². The second-order valence-electron chi connectivity index (χ2n) is 5.92. The molecule has 0 amide bonds. The number of benzene rings is 1. The van der Waals surface area contributed by atoms with Crippen LogP contribution in [0.1, 0.15) is 53.8 Å². The molecule has 2 rings (SSSR count). The fourth-order valence-corrected chi connectivity index (χ4v) is 2.81. The summed E-state index contributed by atoms with van der Waals surface area (Å²) in [7, 11) is 0. The molecule has 120 valence electrons. The van der Waals surface area contributed by atoms with Gasteiger partial charge in [-0.3, -0.25) is 9.78 Å². The van der Waals surface area contributed by atoms with E-state index in [2.05, 4.69) is 20.0 Å². The molecule has 0 saturated carbocycles. The highest BCUT2D eigenvalue weighted by Gasteiger charge is 2.22. The monoisotopic (exact) mass is 313 g/mol. The maximum absolute atomic E-state index is 12.2. The Morgan fingerprint density at radius 2 is 1.70 bits per heavy atom. The summed E-state index contributed by atoms with van der Waals surface area (Å²) in [6.07, 6.45) is 0. The first kappa shape index (κ1) is 16.6. The van der Waals surface area contributed by atoms with E-state index in [1.54, 1.807) is 0 Å². The van der Waals surface area contributed by atoms with Gasteiger partial charge in [-0.05, 0) is 30.9 Å². The number of aromatic nitrogens is 2. The highest BCUT2D eigenvalue weighted by molar-refractivity contribution is 5.37. The van der Waals surface area contributed by atoms with Gasteiger partial charge in [0.25, 0.3) is 5.56 Å². The zero-order valence-corrected chi connectivity index (χ0v) is 13.5. The zero-order valence-electron chi connectivity index (χ0n) is 13.5. The fourth-order valence-electron chi connectivity index (χ4n) is 2.81. The van der Waals surface area contributed by atoms with Crippen LogP contribution >= 0.6 is 0 Å². The van der Waals surface area contributed by atoms with Crippen molar-refractivity contribution in [3.8, 4) is 0 Å². The number of nitrogens with zero attached hydrogens (tertiary/aromatic N) is 3. The fraction of sp³-hybridized carbons (Fsp3) is 0.375. The molecule has 1 aromatic carbocycles. The summed E-state index contributed by atoms with van der Waals surface area (Å²) in [6, 6.07) is 5.01. The van der Waals surface area contributed by atoms with Crippen LogP contribution in [-0.4, -0.2) is 9.97 Å². The Morgan fingerprint density at radius 3 is 2.22 bits per heavy atom. The van der Waals surface area contributed by atoms with Gasteiger partial charge in [0.1, 0.15) is 6.04 Å². The summed E-state index contributed by atoms with van der Waals surface area (Å²) in [5, 5.41) is 3.83. The Morgan fingerprint density at radius 1 is 1.09 bits per heavy atom. The van der Waals surface area contributed by atoms with Crippen LogP contribution in [0.5, 0.6) is 0 Å². The van der Waals surface area contributed by atoms with E-state index in [9.17, 15) is 9.59 Å². The summed E-state index contributed by atoms with van der Waals surface area (Å²) in [4.78, 5) is 31.7. The average Bonchev–Trinajstić information content (AvgIpc) is 2.42. The van der Waals surface area contributed by atoms with Crippen molar-refractivity contribution in [1.82, 2.24) is 9.97 Å². The molecule has 1 heterocycles. The summed E-state index contributed by atoms with van der Waals surface area (Å²) < 4.78 is 0. The van der Waals surface area contributed by atoms with E-state index in [1.807, 2.05) is 45.9 Å². The van der Waals surface area contributed by atoms with Crippen molar-refractivity contribution in [2.24, 2.45) is 5.11 Å². The van der Waals surface area contributed by atoms with Gasteiger partial charge in [-0.15, -0.1) is 0 Å². The van der Waals surface area contributed by atoms with Gasteiger partial charge in [-0.2, -0.15) is 0 Å². The molecule has 7 nitrogen and oxygen atoms in total. The summed E-state index contributed by atoms with van der Waals surface area (Å²) in [5.41, 5.74) is 11.4. The van der Waals surface area contributed by atoms with E-state index >= 15 is 0 Å². The van der Waals surface area contributed by atoms with Crippen LogP contribution in [0, 0.1) is 13.8 Å². The lowest BCUT2D eigenvalue weighted by Crippen LogP contribution is -2.30. The second-order valence-corrected chi connectivity index (χ2v) is 5.92. The average molecular weight is 313 g/mol. The molecule has 1 aromatic heterocycles. The number of hydrogen-bond acceptors (Lipinski definition) is 3. The Labute approximate surface area is 133 Å². The van der Waals surface area contributed by atoms with Gasteiger partial charge in [0.15, 0.2) is 0 Å². The lowest BCUT2D eigenvalue weighted by molar-refractivity contribution is 0.725. The first-order valence-corrected chi connectivity index (χ1v) is 7.32. The molecule has 23 heavy (non-hydrogen) atoms. The molecule has 0 bridgehead atoms. The molecule has 0 spiro atoms. The predicted octanol–water partition coefficient (Wildman–Crippen LogP) is 3.20. The van der Waals surface area contributed by atoms with Crippen LogP contribution in [0.4, 0.5) is 0 Å². The Kier molecular flexibility index (Phi) is 4.71. The SMILES string of the molecule is Cc1cc(C)cc(C(N=[N+]=[N-])c2[nH]c(=O)[nH]c(=O)c2C(C)C)c1. The molecule has 0 aliphatic heterocycles. The molecule has 2 N–H and O–H groups in total. The van der Waals surface area contributed by atoms with Gasteiger partial charge in [0, 0.05) is 16.2 Å². The quantitative estimate of drug-likeness (QED) is 0.512. The van der Waals surface area contributed by atoms with Gasteiger partial charge in [-0.1, -0.05) is 48.3 Å². The summed E-state index contributed by atoms with van der Waals surface area (Å²) >= 11 is 0. The van der Waals surface area contributed by atoms with Crippen molar-refractivity contribution in [3.63, 3.8) is 0 Å². The normalized spacial score (nSPS) is 12.0. The molecule has 0 aliphatic carbocycles. The van der Waals surface area contributed by atoms with Crippen LogP contribution in [0.3, 0.4) is 0 Å². The third kappa shape index (κ3) is 3.52. The molecule has 0 aliphatic rings. The van der Waals surface area contributed by atoms with Crippen LogP contribution in [-0.2, 0) is 0 Å². The number of nitrogens with one attached hydrogen (secondary N) is 2. The first-order valence-electron chi connectivity index (χ1n) is 7.32. The number of rotatable bonds is 4. The van der Waals surface area contributed by atoms with Gasteiger partial charge in [0.05, 0.1) is 0 Å². The Bertz CT molecular complexity index is 868. The summed E-state index contributed by atoms with van der Waals surface area (Å²) in [5.74, 6) is -0.132.